The molecule has 0 amide bonds. The van der Waals surface area contributed by atoms with Gasteiger partial charge in [0.1, 0.15) is 11.8 Å². The van der Waals surface area contributed by atoms with Crippen LogP contribution in [0, 0.1) is 5.92 Å². The van der Waals surface area contributed by atoms with Gasteiger partial charge in [0.15, 0.2) is 5.82 Å². The summed E-state index contributed by atoms with van der Waals surface area (Å²) in [5, 5.41) is 11.9. The van der Waals surface area contributed by atoms with E-state index in [1.807, 2.05) is 6.33 Å². The molecule has 1 aliphatic carbocycles. The van der Waals surface area contributed by atoms with Crippen LogP contribution in [0.25, 0.3) is 0 Å². The summed E-state index contributed by atoms with van der Waals surface area (Å²) in [7, 11) is 0. The average molecular weight is 267 g/mol. The molecule has 0 bridgehead atoms. The van der Waals surface area contributed by atoms with Crippen molar-refractivity contribution in [1.29, 1.82) is 0 Å². The SMILES string of the molecule is CCC1=Nc2cncn2[SH]1[C@H](O)C1CCCCC1. The Labute approximate surface area is 111 Å². The predicted octanol–water partition coefficient (Wildman–Crippen LogP) is 3.00. The number of rotatable bonds is 3. The first-order valence-corrected chi connectivity index (χ1v) is 8.25. The number of thiol groups is 1. The average Bonchev–Trinajstić information content (AvgIpc) is 2.98. The van der Waals surface area contributed by atoms with Crippen molar-refractivity contribution in [3.63, 3.8) is 0 Å². The van der Waals surface area contributed by atoms with Crippen molar-refractivity contribution in [1.82, 2.24) is 8.96 Å². The molecule has 18 heavy (non-hydrogen) atoms. The highest BCUT2D eigenvalue weighted by molar-refractivity contribution is 8.29. The van der Waals surface area contributed by atoms with Crippen molar-refractivity contribution >= 4 is 21.9 Å². The quantitative estimate of drug-likeness (QED) is 0.827. The Morgan fingerprint density at radius 2 is 2.22 bits per heavy atom. The molecule has 2 atom stereocenters. The normalized spacial score (nSPS) is 27.9. The standard InChI is InChI=1S/C13H21N3OS/c1-2-12-15-11-8-14-9-16(11)18(12)13(17)10-6-4-3-5-7-10/h8-10,13,17-18H,2-7H2,1H3/t13-/m0/s1. The molecule has 5 heteroatoms. The smallest absolute Gasteiger partial charge is 0.162 e. The maximum Gasteiger partial charge on any atom is 0.162 e. The molecule has 1 N–H and O–H groups in total. The van der Waals surface area contributed by atoms with Gasteiger partial charge < -0.3 is 5.11 Å². The van der Waals surface area contributed by atoms with Crippen LogP contribution in [0.15, 0.2) is 17.5 Å². The molecule has 100 valence electrons. The van der Waals surface area contributed by atoms with Gasteiger partial charge in [0.25, 0.3) is 0 Å². The molecule has 0 aromatic carbocycles. The number of imidazole rings is 1. The van der Waals surface area contributed by atoms with E-state index in [0.29, 0.717) is 5.92 Å². The molecule has 1 aromatic rings. The summed E-state index contributed by atoms with van der Waals surface area (Å²) < 4.78 is 2.10. The molecule has 1 unspecified atom stereocenters. The zero-order chi connectivity index (χ0) is 12.5. The first-order chi connectivity index (χ1) is 8.81. The molecule has 0 spiro atoms. The lowest BCUT2D eigenvalue weighted by molar-refractivity contribution is 0.158. The van der Waals surface area contributed by atoms with Crippen molar-refractivity contribution < 1.29 is 5.11 Å². The van der Waals surface area contributed by atoms with Crippen LogP contribution in [0.1, 0.15) is 45.4 Å². The van der Waals surface area contributed by atoms with Gasteiger partial charge in [-0.15, -0.1) is 11.1 Å². The van der Waals surface area contributed by atoms with Gasteiger partial charge >= 0.3 is 0 Å². The van der Waals surface area contributed by atoms with Crippen molar-refractivity contribution in [2.75, 3.05) is 0 Å². The van der Waals surface area contributed by atoms with Crippen LogP contribution < -0.4 is 0 Å². The molecule has 3 rings (SSSR count). The lowest BCUT2D eigenvalue weighted by atomic mass is 9.90. The highest BCUT2D eigenvalue weighted by Crippen LogP contribution is 2.49. The van der Waals surface area contributed by atoms with E-state index in [2.05, 4.69) is 20.9 Å². The van der Waals surface area contributed by atoms with E-state index in [-0.39, 0.29) is 5.44 Å². The molecule has 4 nitrogen and oxygen atoms in total. The molecule has 1 saturated carbocycles. The molecule has 2 heterocycles. The minimum Gasteiger partial charge on any atom is -0.382 e. The number of hydrogen-bond acceptors (Lipinski definition) is 3. The zero-order valence-electron chi connectivity index (χ0n) is 10.8. The van der Waals surface area contributed by atoms with Crippen LogP contribution in [0.3, 0.4) is 0 Å². The fourth-order valence-corrected chi connectivity index (χ4v) is 5.51. The number of aromatic nitrogens is 2. The summed E-state index contributed by atoms with van der Waals surface area (Å²) in [5.74, 6) is 1.38. The fraction of sp³-hybridized carbons (Fsp3) is 0.692. The van der Waals surface area contributed by atoms with E-state index >= 15 is 0 Å². The van der Waals surface area contributed by atoms with Gasteiger partial charge in [0, 0.05) is 0 Å². The number of nitrogens with zero attached hydrogens (tertiary/aromatic N) is 3. The lowest BCUT2D eigenvalue weighted by Crippen LogP contribution is -2.26. The van der Waals surface area contributed by atoms with Crippen LogP contribution in [0.5, 0.6) is 0 Å². The molecule has 1 aromatic heterocycles. The number of aliphatic hydroxyl groups excluding tert-OH is 1. The third kappa shape index (κ3) is 1.99. The maximum absolute atomic E-state index is 10.7. The van der Waals surface area contributed by atoms with Crippen LogP contribution in [-0.4, -0.2) is 24.5 Å². The van der Waals surface area contributed by atoms with Crippen molar-refractivity contribution in [3.05, 3.63) is 12.5 Å². The third-order valence-corrected chi connectivity index (χ3v) is 6.62. The van der Waals surface area contributed by atoms with Crippen LogP contribution >= 0.6 is 11.1 Å². The number of fused-ring (bicyclic) bond motifs is 1. The van der Waals surface area contributed by atoms with Crippen LogP contribution in [0.2, 0.25) is 0 Å². The van der Waals surface area contributed by atoms with Crippen molar-refractivity contribution in [2.45, 2.75) is 50.9 Å². The minimum absolute atomic E-state index is 0.241. The Hall–Kier alpha value is -0.810. The summed E-state index contributed by atoms with van der Waals surface area (Å²) in [6.07, 6.45) is 10.7. The second-order valence-corrected chi connectivity index (χ2v) is 7.30. The third-order valence-electron chi connectivity index (χ3n) is 3.98. The van der Waals surface area contributed by atoms with Crippen molar-refractivity contribution in [2.24, 2.45) is 10.9 Å². The number of hydrogen-bond donors (Lipinski definition) is 2. The lowest BCUT2D eigenvalue weighted by Gasteiger charge is -2.34. The van der Waals surface area contributed by atoms with Crippen molar-refractivity contribution in [3.8, 4) is 0 Å². The van der Waals surface area contributed by atoms with E-state index < -0.39 is 11.1 Å². The van der Waals surface area contributed by atoms with E-state index in [1.54, 1.807) is 6.20 Å². The van der Waals surface area contributed by atoms with Gasteiger partial charge in [0.05, 0.1) is 11.2 Å². The van der Waals surface area contributed by atoms with Crippen LogP contribution in [-0.2, 0) is 0 Å². The molecular formula is C13H21N3OS. The summed E-state index contributed by atoms with van der Waals surface area (Å²) >= 11 is -0.712. The Morgan fingerprint density at radius 3 is 2.94 bits per heavy atom. The molecule has 1 fully saturated rings. The molecule has 2 aliphatic rings. The number of aliphatic imine (C=N–C) groups is 1. The summed E-state index contributed by atoms with van der Waals surface area (Å²) in [4.78, 5) is 8.76. The first kappa shape index (κ1) is 12.2. The van der Waals surface area contributed by atoms with Gasteiger partial charge in [-0.1, -0.05) is 26.2 Å². The fourth-order valence-electron chi connectivity index (χ4n) is 2.99. The van der Waals surface area contributed by atoms with Gasteiger partial charge in [0.2, 0.25) is 0 Å². The van der Waals surface area contributed by atoms with Gasteiger partial charge in [-0.3, -0.25) is 3.97 Å². The summed E-state index contributed by atoms with van der Waals surface area (Å²) in [6.45, 7) is 2.13. The van der Waals surface area contributed by atoms with E-state index in [9.17, 15) is 5.11 Å². The Kier molecular flexibility index (Phi) is 3.43. The van der Waals surface area contributed by atoms with Gasteiger partial charge in [-0.25, -0.2) is 9.98 Å². The molecule has 0 saturated heterocycles. The maximum atomic E-state index is 10.7. The Morgan fingerprint density at radius 1 is 1.44 bits per heavy atom. The monoisotopic (exact) mass is 267 g/mol. The second kappa shape index (κ2) is 5.05. The highest BCUT2D eigenvalue weighted by atomic mass is 32.2. The Bertz CT molecular complexity index is 451. The van der Waals surface area contributed by atoms with E-state index in [4.69, 9.17) is 0 Å². The van der Waals surface area contributed by atoms with E-state index in [1.165, 1.54) is 37.1 Å². The van der Waals surface area contributed by atoms with Gasteiger partial charge in [-0.2, -0.15) is 0 Å². The molecule has 1 aliphatic heterocycles. The van der Waals surface area contributed by atoms with Crippen LogP contribution in [0.4, 0.5) is 5.82 Å². The van der Waals surface area contributed by atoms with Gasteiger partial charge in [-0.05, 0) is 25.2 Å². The molecule has 0 radical (unpaired) electrons. The minimum atomic E-state index is -0.712. The summed E-state index contributed by atoms with van der Waals surface area (Å²) in [5.41, 5.74) is -0.241. The predicted molar refractivity (Wildman–Crippen MR) is 76.6 cm³/mol. The first-order valence-electron chi connectivity index (χ1n) is 6.88. The van der Waals surface area contributed by atoms with E-state index in [0.717, 1.165) is 12.2 Å². The Balaban J connectivity index is 1.84. The second-order valence-electron chi connectivity index (χ2n) is 5.13. The highest BCUT2D eigenvalue weighted by Gasteiger charge is 2.33. The number of aliphatic hydroxyl groups is 1. The topological polar surface area (TPSA) is 50.4 Å². The zero-order valence-corrected chi connectivity index (χ0v) is 11.7. The molecular weight excluding hydrogens is 246 g/mol. The summed E-state index contributed by atoms with van der Waals surface area (Å²) in [6, 6.07) is 0. The largest absolute Gasteiger partial charge is 0.382 e.